The smallest absolute Gasteiger partial charge is 0.407 e. The molecule has 11 heteroatoms. The summed E-state index contributed by atoms with van der Waals surface area (Å²) in [4.78, 5) is 50.8. The maximum absolute atomic E-state index is 13.0. The number of hydrogen-bond donors (Lipinski definition) is 4. The van der Waals surface area contributed by atoms with Crippen LogP contribution in [0, 0.1) is 5.41 Å². The van der Waals surface area contributed by atoms with Crippen LogP contribution in [0.25, 0.3) is 0 Å². The Balaban J connectivity index is 4.55. The maximum Gasteiger partial charge on any atom is 0.407 e. The third-order valence-electron chi connectivity index (χ3n) is 13.9. The van der Waals surface area contributed by atoms with Crippen molar-refractivity contribution >= 4 is 23.9 Å². The van der Waals surface area contributed by atoms with Crippen molar-refractivity contribution in [1.82, 2.24) is 16.0 Å². The molecule has 0 rings (SSSR count). The Labute approximate surface area is 419 Å². The molecule has 3 amide bonds. The highest BCUT2D eigenvalue weighted by Crippen LogP contribution is 2.26. The molecule has 0 aliphatic carbocycles. The van der Waals surface area contributed by atoms with E-state index in [1.807, 2.05) is 0 Å². The standard InChI is InChI=1S/C57H112N4O7/c1-7-10-12-14-16-18-20-22-24-26-28-30-32-34-36-38-45-60-55(65)67-49-51(61-53(63)40-37-35-33-31-29-27-25-23-21-19-17-15-13-11-8-2)48-66-54(64)42-41-52(62)59-46-39-43-56(4,5)68-47-44-57(6,9-3)50-58/h51H,7-50,58H2,1-6H3,(H,59,62)(H,60,65)(H,61,63). The van der Waals surface area contributed by atoms with E-state index in [0.717, 1.165) is 64.2 Å². The van der Waals surface area contributed by atoms with Crippen molar-refractivity contribution in [2.45, 2.75) is 297 Å². The van der Waals surface area contributed by atoms with Crippen molar-refractivity contribution in [2.24, 2.45) is 11.1 Å². The number of esters is 1. The average Bonchev–Trinajstić information content (AvgIpc) is 3.32. The Bertz CT molecular complexity index is 1180. The van der Waals surface area contributed by atoms with Gasteiger partial charge in [-0.25, -0.2) is 4.79 Å². The quantitative estimate of drug-likeness (QED) is 0.0346. The summed E-state index contributed by atoms with van der Waals surface area (Å²) in [5.74, 6) is -0.915. The first-order valence-electron chi connectivity index (χ1n) is 28.9. The van der Waals surface area contributed by atoms with Gasteiger partial charge in [0.1, 0.15) is 13.2 Å². The lowest BCUT2D eigenvalue weighted by Gasteiger charge is -2.30. The molecule has 402 valence electrons. The first-order valence-corrected chi connectivity index (χ1v) is 28.9. The van der Waals surface area contributed by atoms with Crippen molar-refractivity contribution in [3.63, 3.8) is 0 Å². The predicted octanol–water partition coefficient (Wildman–Crippen LogP) is 14.5. The van der Waals surface area contributed by atoms with Crippen LogP contribution in [0.1, 0.15) is 286 Å². The van der Waals surface area contributed by atoms with Gasteiger partial charge in [0, 0.05) is 32.5 Å². The number of nitrogens with one attached hydrogen (secondary N) is 3. The molecule has 68 heavy (non-hydrogen) atoms. The number of ether oxygens (including phenoxy) is 3. The van der Waals surface area contributed by atoms with Crippen molar-refractivity contribution in [1.29, 1.82) is 0 Å². The van der Waals surface area contributed by atoms with Crippen LogP contribution in [0.4, 0.5) is 4.79 Å². The van der Waals surface area contributed by atoms with Gasteiger partial charge >= 0.3 is 12.1 Å². The molecule has 0 saturated carbocycles. The van der Waals surface area contributed by atoms with E-state index in [1.54, 1.807) is 0 Å². The molecule has 0 saturated heterocycles. The van der Waals surface area contributed by atoms with Gasteiger partial charge in [-0.05, 0) is 64.3 Å². The number of rotatable bonds is 51. The third kappa shape index (κ3) is 44.8. The van der Waals surface area contributed by atoms with Crippen LogP contribution in [0.3, 0.4) is 0 Å². The van der Waals surface area contributed by atoms with Gasteiger partial charge in [0.25, 0.3) is 0 Å². The van der Waals surface area contributed by atoms with E-state index < -0.39 is 18.1 Å². The summed E-state index contributed by atoms with van der Waals surface area (Å²) < 4.78 is 17.1. The normalized spacial score (nSPS) is 12.9. The molecule has 2 unspecified atom stereocenters. The van der Waals surface area contributed by atoms with E-state index in [2.05, 4.69) is 57.5 Å². The second-order valence-corrected chi connectivity index (χ2v) is 21.2. The van der Waals surface area contributed by atoms with Gasteiger partial charge in [-0.15, -0.1) is 0 Å². The number of hydrogen-bond acceptors (Lipinski definition) is 8. The monoisotopic (exact) mass is 965 g/mol. The molecule has 0 radical (unpaired) electrons. The SMILES string of the molecule is CCCCCCCCCCCCCCCCCCNC(=O)OCC(COC(=O)CCC(=O)NCCCC(C)(C)OCCC(C)(CC)CN)NC(=O)CCCCCCCCCCCCCCCCC. The number of amides is 3. The van der Waals surface area contributed by atoms with Crippen molar-refractivity contribution < 1.29 is 33.4 Å². The Morgan fingerprint density at radius 1 is 0.471 bits per heavy atom. The zero-order valence-electron chi connectivity index (χ0n) is 45.6. The van der Waals surface area contributed by atoms with Gasteiger partial charge in [0.2, 0.25) is 11.8 Å². The molecule has 0 aromatic carbocycles. The lowest BCUT2D eigenvalue weighted by molar-refractivity contribution is -0.146. The minimum Gasteiger partial charge on any atom is -0.463 e. The Morgan fingerprint density at radius 3 is 1.35 bits per heavy atom. The summed E-state index contributed by atoms with van der Waals surface area (Å²) in [6, 6.07) is -0.686. The van der Waals surface area contributed by atoms with Gasteiger partial charge in [-0.2, -0.15) is 0 Å². The summed E-state index contributed by atoms with van der Waals surface area (Å²) in [6.45, 7) is 15.0. The Morgan fingerprint density at radius 2 is 0.897 bits per heavy atom. The van der Waals surface area contributed by atoms with Crippen LogP contribution >= 0.6 is 0 Å². The fourth-order valence-electron chi connectivity index (χ4n) is 8.56. The predicted molar refractivity (Wildman–Crippen MR) is 285 cm³/mol. The minimum absolute atomic E-state index is 0.00188. The topological polar surface area (TPSA) is 158 Å². The molecule has 0 aliphatic heterocycles. The first kappa shape index (κ1) is 65.6. The van der Waals surface area contributed by atoms with Crippen LogP contribution < -0.4 is 21.7 Å². The molecule has 0 aliphatic rings. The van der Waals surface area contributed by atoms with Crippen molar-refractivity contribution in [2.75, 3.05) is 39.5 Å². The number of alkyl carbamates (subject to hydrolysis) is 1. The van der Waals surface area contributed by atoms with Gasteiger partial charge in [0.05, 0.1) is 18.1 Å². The third-order valence-corrected chi connectivity index (χ3v) is 13.9. The fourth-order valence-corrected chi connectivity index (χ4v) is 8.56. The number of unbranched alkanes of at least 4 members (excludes halogenated alkanes) is 29. The van der Waals surface area contributed by atoms with E-state index in [9.17, 15) is 19.2 Å². The van der Waals surface area contributed by atoms with Gasteiger partial charge < -0.3 is 35.9 Å². The number of carbonyl (C=O) groups is 4. The highest BCUT2D eigenvalue weighted by atomic mass is 16.6. The molecule has 11 nitrogen and oxygen atoms in total. The lowest BCUT2D eigenvalue weighted by Crippen LogP contribution is -2.43. The first-order chi connectivity index (χ1) is 32.9. The fraction of sp³-hybridized carbons (Fsp3) is 0.930. The van der Waals surface area contributed by atoms with E-state index in [1.165, 1.54) is 161 Å². The Hall–Kier alpha value is -2.40. The second-order valence-electron chi connectivity index (χ2n) is 21.2. The Kier molecular flexibility index (Phi) is 45.3. The molecule has 0 fully saturated rings. The highest BCUT2D eigenvalue weighted by molar-refractivity contribution is 5.81. The van der Waals surface area contributed by atoms with E-state index in [-0.39, 0.29) is 48.9 Å². The van der Waals surface area contributed by atoms with Crippen LogP contribution in [0.15, 0.2) is 0 Å². The molecule has 0 aromatic heterocycles. The molecule has 0 bridgehead atoms. The second kappa shape index (κ2) is 47.0. The molecular weight excluding hydrogens is 853 g/mol. The van der Waals surface area contributed by atoms with Gasteiger partial charge in [-0.1, -0.05) is 214 Å². The van der Waals surface area contributed by atoms with Crippen LogP contribution in [-0.2, 0) is 28.6 Å². The lowest BCUT2D eigenvalue weighted by atomic mass is 9.84. The molecule has 0 spiro atoms. The highest BCUT2D eigenvalue weighted by Gasteiger charge is 2.24. The zero-order valence-corrected chi connectivity index (χ0v) is 45.6. The average molecular weight is 966 g/mol. The number of carbonyl (C=O) groups excluding carboxylic acids is 4. The molecule has 0 aromatic rings. The molecule has 5 N–H and O–H groups in total. The van der Waals surface area contributed by atoms with Gasteiger partial charge in [-0.3, -0.25) is 14.4 Å². The van der Waals surface area contributed by atoms with E-state index in [0.29, 0.717) is 32.7 Å². The van der Waals surface area contributed by atoms with Crippen LogP contribution in [0.5, 0.6) is 0 Å². The van der Waals surface area contributed by atoms with Gasteiger partial charge in [0.15, 0.2) is 0 Å². The summed E-state index contributed by atoms with van der Waals surface area (Å²) in [5.41, 5.74) is 5.72. The molecule has 2 atom stereocenters. The van der Waals surface area contributed by atoms with E-state index >= 15 is 0 Å². The maximum atomic E-state index is 13.0. The summed E-state index contributed by atoms with van der Waals surface area (Å²) >= 11 is 0. The van der Waals surface area contributed by atoms with Crippen LogP contribution in [-0.4, -0.2) is 75.0 Å². The van der Waals surface area contributed by atoms with Crippen molar-refractivity contribution in [3.05, 3.63) is 0 Å². The molecule has 0 heterocycles. The molecular formula is C57H112N4O7. The largest absolute Gasteiger partial charge is 0.463 e. The number of nitrogens with two attached hydrogens (primary N) is 1. The summed E-state index contributed by atoms with van der Waals surface area (Å²) in [6.07, 6.45) is 42.7. The van der Waals surface area contributed by atoms with Crippen LogP contribution in [0.2, 0.25) is 0 Å². The van der Waals surface area contributed by atoms with Crippen molar-refractivity contribution in [3.8, 4) is 0 Å². The van der Waals surface area contributed by atoms with E-state index in [4.69, 9.17) is 19.9 Å². The minimum atomic E-state index is -0.686. The summed E-state index contributed by atoms with van der Waals surface area (Å²) in [5, 5.41) is 8.65. The zero-order chi connectivity index (χ0) is 50.2. The summed E-state index contributed by atoms with van der Waals surface area (Å²) in [7, 11) is 0.